The first-order valence-corrected chi connectivity index (χ1v) is 9.81. The summed E-state index contributed by atoms with van der Waals surface area (Å²) >= 11 is 1.74. The summed E-state index contributed by atoms with van der Waals surface area (Å²) in [6, 6.07) is 8.43. The van der Waals surface area contributed by atoms with E-state index in [1.165, 1.54) is 16.0 Å². The summed E-state index contributed by atoms with van der Waals surface area (Å²) in [5, 5.41) is 7.74. The second-order valence-electron chi connectivity index (χ2n) is 7.07. The smallest absolute Gasteiger partial charge is 0.191 e. The topological polar surface area (TPSA) is 58.5 Å². The van der Waals surface area contributed by atoms with Crippen molar-refractivity contribution in [3.05, 3.63) is 51.5 Å². The second kappa shape index (κ2) is 9.69. The molecule has 1 aromatic carbocycles. The number of nitrogens with one attached hydrogen (secondary N) is 2. The molecule has 0 amide bonds. The molecule has 1 heterocycles. The molecule has 0 saturated carbocycles. The van der Waals surface area contributed by atoms with E-state index in [1.54, 1.807) is 18.4 Å². The number of hydrogen-bond donors (Lipinski definition) is 2. The lowest BCUT2D eigenvalue weighted by molar-refractivity contribution is -0.0149. The van der Waals surface area contributed by atoms with E-state index in [0.717, 1.165) is 17.4 Å². The summed E-state index contributed by atoms with van der Waals surface area (Å²) in [5.41, 5.74) is 2.25. The third-order valence-electron chi connectivity index (χ3n) is 3.70. The zero-order valence-corrected chi connectivity index (χ0v) is 17.2. The molecule has 0 saturated heterocycles. The van der Waals surface area contributed by atoms with Crippen LogP contribution in [-0.2, 0) is 30.9 Å². The summed E-state index contributed by atoms with van der Waals surface area (Å²) in [6.45, 7) is 10.4. The molecule has 0 aliphatic rings. The van der Waals surface area contributed by atoms with Gasteiger partial charge in [0.1, 0.15) is 5.01 Å². The lowest BCUT2D eigenvalue weighted by Crippen LogP contribution is -2.36. The zero-order chi connectivity index (χ0) is 19.0. The number of rotatable bonds is 7. The lowest BCUT2D eigenvalue weighted by atomic mass is 10.1. The Bertz CT molecular complexity index is 719. The van der Waals surface area contributed by atoms with Crippen LogP contribution < -0.4 is 10.6 Å². The highest BCUT2D eigenvalue weighted by Crippen LogP contribution is 2.14. The summed E-state index contributed by atoms with van der Waals surface area (Å²) in [4.78, 5) is 10.0. The predicted molar refractivity (Wildman–Crippen MR) is 110 cm³/mol. The van der Waals surface area contributed by atoms with Crippen molar-refractivity contribution in [3.63, 3.8) is 0 Å². The largest absolute Gasteiger partial charge is 0.371 e. The molecule has 26 heavy (non-hydrogen) atoms. The quantitative estimate of drug-likeness (QED) is 0.570. The molecule has 0 bridgehead atoms. The number of aromatic nitrogens is 1. The average Bonchev–Trinajstić information content (AvgIpc) is 3.08. The molecule has 2 N–H and O–H groups in total. The van der Waals surface area contributed by atoms with Gasteiger partial charge in [-0.3, -0.25) is 4.99 Å². The maximum absolute atomic E-state index is 5.85. The van der Waals surface area contributed by atoms with Crippen molar-refractivity contribution in [2.45, 2.75) is 59.4 Å². The first-order valence-electron chi connectivity index (χ1n) is 8.99. The van der Waals surface area contributed by atoms with Gasteiger partial charge in [-0.1, -0.05) is 31.2 Å². The van der Waals surface area contributed by atoms with Crippen LogP contribution in [0.25, 0.3) is 0 Å². The molecule has 0 aliphatic heterocycles. The molecule has 0 aliphatic carbocycles. The monoisotopic (exact) mass is 374 g/mol. The number of nitrogens with zero attached hydrogens (tertiary/aromatic N) is 2. The molecule has 0 fully saturated rings. The number of thiazole rings is 1. The van der Waals surface area contributed by atoms with E-state index in [1.807, 2.05) is 6.20 Å². The number of aryl methyl sites for hydroxylation is 1. The molecular weight excluding hydrogens is 344 g/mol. The predicted octanol–water partition coefficient (Wildman–Crippen LogP) is 3.89. The average molecular weight is 375 g/mol. The number of ether oxygens (including phenoxy) is 1. The molecule has 0 spiro atoms. The van der Waals surface area contributed by atoms with Gasteiger partial charge >= 0.3 is 0 Å². The highest BCUT2D eigenvalue weighted by molar-refractivity contribution is 7.11. The van der Waals surface area contributed by atoms with Gasteiger partial charge in [-0.05, 0) is 38.3 Å². The molecular formula is C20H30N4OS. The first-order chi connectivity index (χ1) is 12.4. The van der Waals surface area contributed by atoms with E-state index in [4.69, 9.17) is 4.74 Å². The van der Waals surface area contributed by atoms with Gasteiger partial charge in [0.2, 0.25) is 0 Å². The van der Waals surface area contributed by atoms with Gasteiger partial charge in [-0.25, -0.2) is 4.98 Å². The van der Waals surface area contributed by atoms with Crippen LogP contribution in [0, 0.1) is 0 Å². The van der Waals surface area contributed by atoms with E-state index < -0.39 is 0 Å². The minimum Gasteiger partial charge on any atom is -0.371 e. The Morgan fingerprint density at radius 1 is 1.19 bits per heavy atom. The standard InChI is InChI=1S/C20H30N4OS/c1-6-17-12-22-18(26-17)13-24-19(21-5)23-11-15-8-7-9-16(10-15)14-25-20(2,3)4/h7-10,12H,6,11,13-14H2,1-5H3,(H2,21,23,24). The van der Waals surface area contributed by atoms with Gasteiger partial charge in [-0.15, -0.1) is 11.3 Å². The minimum atomic E-state index is -0.131. The molecule has 0 radical (unpaired) electrons. The molecule has 6 heteroatoms. The number of guanidine groups is 1. The lowest BCUT2D eigenvalue weighted by Gasteiger charge is -2.19. The van der Waals surface area contributed by atoms with E-state index in [9.17, 15) is 0 Å². The summed E-state index contributed by atoms with van der Waals surface area (Å²) in [7, 11) is 1.78. The molecule has 2 rings (SSSR count). The number of aliphatic imine (C=N–C) groups is 1. The third-order valence-corrected chi connectivity index (χ3v) is 4.85. The highest BCUT2D eigenvalue weighted by Gasteiger charge is 2.10. The zero-order valence-electron chi connectivity index (χ0n) is 16.4. The van der Waals surface area contributed by atoms with E-state index in [-0.39, 0.29) is 5.60 Å². The van der Waals surface area contributed by atoms with Gasteiger partial charge in [0.15, 0.2) is 5.96 Å². The van der Waals surface area contributed by atoms with Crippen LogP contribution in [0.2, 0.25) is 0 Å². The van der Waals surface area contributed by atoms with E-state index in [2.05, 4.69) is 72.6 Å². The molecule has 142 valence electrons. The Labute approximate surface area is 160 Å². The van der Waals surface area contributed by atoms with Gasteiger partial charge in [0, 0.05) is 24.7 Å². The van der Waals surface area contributed by atoms with Crippen molar-refractivity contribution in [2.24, 2.45) is 4.99 Å². The van der Waals surface area contributed by atoms with Gasteiger partial charge in [0.25, 0.3) is 0 Å². The minimum absolute atomic E-state index is 0.131. The molecule has 0 atom stereocenters. The van der Waals surface area contributed by atoms with Gasteiger partial charge in [-0.2, -0.15) is 0 Å². The van der Waals surface area contributed by atoms with Gasteiger partial charge in [0.05, 0.1) is 18.8 Å². The van der Waals surface area contributed by atoms with Crippen molar-refractivity contribution in [3.8, 4) is 0 Å². The van der Waals surface area contributed by atoms with Crippen molar-refractivity contribution in [2.75, 3.05) is 7.05 Å². The third kappa shape index (κ3) is 7.14. The molecule has 1 aromatic heterocycles. The molecule has 5 nitrogen and oxygen atoms in total. The van der Waals surface area contributed by atoms with Crippen molar-refractivity contribution < 1.29 is 4.74 Å². The Morgan fingerprint density at radius 2 is 1.92 bits per heavy atom. The van der Waals surface area contributed by atoms with Gasteiger partial charge < -0.3 is 15.4 Å². The fraction of sp³-hybridized carbons (Fsp3) is 0.500. The first kappa shape index (κ1) is 20.4. The number of benzene rings is 1. The normalized spacial score (nSPS) is 12.3. The summed E-state index contributed by atoms with van der Waals surface area (Å²) in [6.07, 6.45) is 2.98. The summed E-state index contributed by atoms with van der Waals surface area (Å²) < 4.78 is 5.85. The van der Waals surface area contributed by atoms with Crippen LogP contribution in [-0.4, -0.2) is 23.6 Å². The Hall–Kier alpha value is -1.92. The Morgan fingerprint density at radius 3 is 2.58 bits per heavy atom. The van der Waals surface area contributed by atoms with E-state index in [0.29, 0.717) is 19.7 Å². The van der Waals surface area contributed by atoms with Crippen LogP contribution in [0.5, 0.6) is 0 Å². The second-order valence-corrected chi connectivity index (χ2v) is 8.27. The van der Waals surface area contributed by atoms with Crippen LogP contribution in [0.1, 0.15) is 48.7 Å². The van der Waals surface area contributed by atoms with Crippen molar-refractivity contribution in [1.82, 2.24) is 15.6 Å². The Kier molecular flexibility index (Phi) is 7.60. The maximum Gasteiger partial charge on any atom is 0.191 e. The fourth-order valence-electron chi connectivity index (χ4n) is 2.29. The number of hydrogen-bond acceptors (Lipinski definition) is 4. The Balaban J connectivity index is 1.84. The highest BCUT2D eigenvalue weighted by atomic mass is 32.1. The molecule has 2 aromatic rings. The molecule has 0 unspecified atom stereocenters. The van der Waals surface area contributed by atoms with Crippen molar-refractivity contribution in [1.29, 1.82) is 0 Å². The van der Waals surface area contributed by atoms with E-state index >= 15 is 0 Å². The van der Waals surface area contributed by atoms with Crippen LogP contribution in [0.3, 0.4) is 0 Å². The maximum atomic E-state index is 5.85. The van der Waals surface area contributed by atoms with Crippen LogP contribution in [0.15, 0.2) is 35.5 Å². The fourth-order valence-corrected chi connectivity index (χ4v) is 3.09. The summed E-state index contributed by atoms with van der Waals surface area (Å²) in [5.74, 6) is 0.773. The van der Waals surface area contributed by atoms with Crippen molar-refractivity contribution >= 4 is 17.3 Å². The SMILES string of the molecule is CCc1cnc(CNC(=NC)NCc2cccc(COC(C)(C)C)c2)s1. The van der Waals surface area contributed by atoms with Crippen LogP contribution >= 0.6 is 11.3 Å². The van der Waals surface area contributed by atoms with Crippen LogP contribution in [0.4, 0.5) is 0 Å².